The van der Waals surface area contributed by atoms with Crippen LogP contribution in [0.15, 0.2) is 29.6 Å². The van der Waals surface area contributed by atoms with Crippen molar-refractivity contribution in [1.82, 2.24) is 19.6 Å². The highest BCUT2D eigenvalue weighted by Gasteiger charge is 2.28. The average molecular weight is 359 g/mol. The van der Waals surface area contributed by atoms with E-state index in [0.717, 1.165) is 12.8 Å². The molecule has 0 spiro atoms. The molecule has 0 bridgehead atoms. The van der Waals surface area contributed by atoms with E-state index in [2.05, 4.69) is 10.3 Å². The fourth-order valence-electron chi connectivity index (χ4n) is 2.70. The second-order valence-corrected chi connectivity index (χ2v) is 7.49. The third kappa shape index (κ3) is 3.34. The molecule has 7 nitrogen and oxygen atoms in total. The Hall–Kier alpha value is -1.64. The van der Waals surface area contributed by atoms with Gasteiger partial charge in [0.2, 0.25) is 15.0 Å². The van der Waals surface area contributed by atoms with Crippen LogP contribution in [0.2, 0.25) is 0 Å². The van der Waals surface area contributed by atoms with Crippen molar-refractivity contribution in [3.8, 4) is 0 Å². The summed E-state index contributed by atoms with van der Waals surface area (Å²) in [5, 5.41) is 3.17. The number of nitrogens with one attached hydrogen (secondary N) is 1. The number of halogens is 1. The van der Waals surface area contributed by atoms with E-state index in [9.17, 15) is 13.2 Å². The number of rotatable bonds is 2. The van der Waals surface area contributed by atoms with Crippen LogP contribution in [0, 0.1) is 0 Å². The van der Waals surface area contributed by atoms with Gasteiger partial charge in [-0.2, -0.15) is 0 Å². The van der Waals surface area contributed by atoms with Gasteiger partial charge < -0.3 is 10.2 Å². The van der Waals surface area contributed by atoms with E-state index in [1.807, 2.05) is 6.92 Å². The molecule has 3 heterocycles. The minimum Gasteiger partial charge on any atom is -0.334 e. The average Bonchev–Trinajstić information content (AvgIpc) is 2.86. The fraction of sp³-hybridized carbons (Fsp3) is 0.429. The van der Waals surface area contributed by atoms with Crippen LogP contribution in [0.3, 0.4) is 0 Å². The van der Waals surface area contributed by atoms with Crippen molar-refractivity contribution < 1.29 is 13.2 Å². The molecule has 1 atom stereocenters. The summed E-state index contributed by atoms with van der Waals surface area (Å²) in [5.74, 6) is -0.230. The number of hydrogen-bond acceptors (Lipinski definition) is 5. The molecule has 1 aliphatic rings. The molecule has 1 N–H and O–H groups in total. The molecule has 1 saturated heterocycles. The van der Waals surface area contributed by atoms with E-state index in [1.54, 1.807) is 29.3 Å². The Morgan fingerprint density at radius 2 is 2.13 bits per heavy atom. The van der Waals surface area contributed by atoms with Crippen LogP contribution in [0.5, 0.6) is 0 Å². The Morgan fingerprint density at radius 1 is 1.39 bits per heavy atom. The zero-order valence-electron chi connectivity index (χ0n) is 12.9. The van der Waals surface area contributed by atoms with Gasteiger partial charge in [0.05, 0.1) is 5.52 Å². The van der Waals surface area contributed by atoms with Crippen molar-refractivity contribution in [2.24, 2.45) is 0 Å². The van der Waals surface area contributed by atoms with Crippen LogP contribution in [0.25, 0.3) is 5.52 Å². The lowest BCUT2D eigenvalue weighted by Gasteiger charge is -2.31. The number of piperazine rings is 1. The van der Waals surface area contributed by atoms with Crippen molar-refractivity contribution in [1.29, 1.82) is 0 Å². The Balaban J connectivity index is 0.00000192. The summed E-state index contributed by atoms with van der Waals surface area (Å²) < 4.78 is 25.2. The van der Waals surface area contributed by atoms with Gasteiger partial charge in [-0.05, 0) is 19.1 Å². The lowest BCUT2D eigenvalue weighted by atomic mass is 10.2. The molecule has 1 unspecified atom stereocenters. The molecule has 0 radical (unpaired) electrons. The lowest BCUT2D eigenvalue weighted by Crippen LogP contribution is -2.51. The molecule has 0 aliphatic carbocycles. The van der Waals surface area contributed by atoms with E-state index >= 15 is 0 Å². The van der Waals surface area contributed by atoms with E-state index in [4.69, 9.17) is 0 Å². The first-order valence-corrected chi connectivity index (χ1v) is 8.97. The quantitative estimate of drug-likeness (QED) is 0.849. The lowest BCUT2D eigenvalue weighted by molar-refractivity contribution is 0.0705. The first kappa shape index (κ1) is 17.7. The molecule has 2 aromatic heterocycles. The van der Waals surface area contributed by atoms with Gasteiger partial charge in [0.25, 0.3) is 5.91 Å². The third-order valence-corrected chi connectivity index (χ3v) is 4.66. The highest BCUT2D eigenvalue weighted by atomic mass is 35.5. The number of imidazole rings is 1. The minimum absolute atomic E-state index is 0. The van der Waals surface area contributed by atoms with Crippen molar-refractivity contribution in [3.05, 3.63) is 30.1 Å². The second-order valence-electron chi connectivity index (χ2n) is 5.58. The van der Waals surface area contributed by atoms with Crippen molar-refractivity contribution in [2.45, 2.75) is 18.1 Å². The van der Waals surface area contributed by atoms with Gasteiger partial charge in [-0.15, -0.1) is 12.4 Å². The molecule has 1 fully saturated rings. The van der Waals surface area contributed by atoms with Gasteiger partial charge in [0.1, 0.15) is 0 Å². The number of carbonyl (C=O) groups is 1. The maximum Gasteiger partial charge on any atom is 0.274 e. The van der Waals surface area contributed by atoms with Gasteiger partial charge in [0.15, 0.2) is 5.69 Å². The summed E-state index contributed by atoms with van der Waals surface area (Å²) in [4.78, 5) is 18.6. The number of sulfone groups is 1. The normalized spacial score (nSPS) is 18.7. The maximum atomic E-state index is 12.7. The number of amides is 1. The van der Waals surface area contributed by atoms with Crippen LogP contribution in [0.4, 0.5) is 0 Å². The number of nitrogens with zero attached hydrogens (tertiary/aromatic N) is 3. The number of hydrogen-bond donors (Lipinski definition) is 1. The monoisotopic (exact) mass is 358 g/mol. The predicted octanol–water partition coefficient (Wildman–Crippen LogP) is 0.593. The van der Waals surface area contributed by atoms with E-state index in [1.165, 1.54) is 4.40 Å². The smallest absolute Gasteiger partial charge is 0.274 e. The molecular weight excluding hydrogens is 340 g/mol. The summed E-state index contributed by atoms with van der Waals surface area (Å²) in [5.41, 5.74) is 0.703. The molecule has 2 aromatic rings. The van der Waals surface area contributed by atoms with Crippen molar-refractivity contribution >= 4 is 33.7 Å². The molecular formula is C14H19ClN4O3S. The summed E-state index contributed by atoms with van der Waals surface area (Å²) in [7, 11) is -3.51. The molecule has 1 amide bonds. The van der Waals surface area contributed by atoms with Gasteiger partial charge in [-0.25, -0.2) is 13.4 Å². The van der Waals surface area contributed by atoms with Gasteiger partial charge in [0, 0.05) is 38.1 Å². The highest BCUT2D eigenvalue weighted by Crippen LogP contribution is 2.19. The minimum atomic E-state index is -3.51. The Labute approximate surface area is 141 Å². The molecule has 0 saturated carbocycles. The zero-order valence-corrected chi connectivity index (χ0v) is 14.5. The number of pyridine rings is 1. The van der Waals surface area contributed by atoms with Crippen molar-refractivity contribution in [2.75, 3.05) is 25.9 Å². The van der Waals surface area contributed by atoms with Gasteiger partial charge in [-0.1, -0.05) is 6.07 Å². The summed E-state index contributed by atoms with van der Waals surface area (Å²) >= 11 is 0. The molecule has 126 valence electrons. The standard InChI is InChI=1S/C14H18N4O3S.ClH/c1-10-9-17(8-6-15-10)13(19)12-11-5-3-4-7-18(11)14(16-12)22(2,20)21;/h3-5,7,10,15H,6,8-9H2,1-2H3;1H. The zero-order chi connectivity index (χ0) is 15.9. The first-order chi connectivity index (χ1) is 10.4. The molecule has 0 aromatic carbocycles. The van der Waals surface area contributed by atoms with Crippen molar-refractivity contribution in [3.63, 3.8) is 0 Å². The largest absolute Gasteiger partial charge is 0.334 e. The first-order valence-electron chi connectivity index (χ1n) is 7.08. The van der Waals surface area contributed by atoms with Crippen LogP contribution in [0.1, 0.15) is 17.4 Å². The summed E-state index contributed by atoms with van der Waals surface area (Å²) in [6.07, 6.45) is 2.70. The Kier molecular flexibility index (Phi) is 4.98. The van der Waals surface area contributed by atoms with Gasteiger partial charge in [-0.3, -0.25) is 9.20 Å². The van der Waals surface area contributed by atoms with E-state index in [0.29, 0.717) is 18.6 Å². The molecule has 9 heteroatoms. The predicted molar refractivity (Wildman–Crippen MR) is 88.9 cm³/mol. The number of carbonyl (C=O) groups excluding carboxylic acids is 1. The topological polar surface area (TPSA) is 83.8 Å². The molecule has 1 aliphatic heterocycles. The van der Waals surface area contributed by atoms with Gasteiger partial charge >= 0.3 is 0 Å². The van der Waals surface area contributed by atoms with E-state index < -0.39 is 9.84 Å². The van der Waals surface area contributed by atoms with Crippen LogP contribution in [-0.4, -0.2) is 60.5 Å². The number of fused-ring (bicyclic) bond motifs is 1. The highest BCUT2D eigenvalue weighted by molar-refractivity contribution is 7.90. The van der Waals surface area contributed by atoms with E-state index in [-0.39, 0.29) is 35.2 Å². The van der Waals surface area contributed by atoms with Crippen LogP contribution < -0.4 is 5.32 Å². The fourth-order valence-corrected chi connectivity index (χ4v) is 3.47. The summed E-state index contributed by atoms with van der Waals surface area (Å²) in [6, 6.07) is 5.40. The second kappa shape index (κ2) is 6.46. The third-order valence-electron chi connectivity index (χ3n) is 3.71. The Bertz CT molecular complexity index is 834. The molecule has 3 rings (SSSR count). The maximum absolute atomic E-state index is 12.7. The van der Waals surface area contributed by atoms with Crippen LogP contribution >= 0.6 is 12.4 Å². The summed E-state index contributed by atoms with van der Waals surface area (Å²) in [6.45, 7) is 3.90. The number of aromatic nitrogens is 2. The molecule has 23 heavy (non-hydrogen) atoms. The SMILES string of the molecule is CC1CN(C(=O)c2nc(S(C)(=O)=O)n3ccccc23)CCN1.Cl. The van der Waals surface area contributed by atoms with Crippen LogP contribution in [-0.2, 0) is 9.84 Å². The Morgan fingerprint density at radius 3 is 2.78 bits per heavy atom.